The predicted molar refractivity (Wildman–Crippen MR) is 70.9 cm³/mol. The van der Waals surface area contributed by atoms with Crippen LogP contribution in [0.1, 0.15) is 25.8 Å². The number of nitrogens with zero attached hydrogens (tertiary/aromatic N) is 1. The molecule has 2 nitrogen and oxygen atoms in total. The summed E-state index contributed by atoms with van der Waals surface area (Å²) in [5, 5.41) is 10.8. The molecule has 2 unspecified atom stereocenters. The molecule has 1 N–H and O–H groups in total. The van der Waals surface area contributed by atoms with Crippen LogP contribution < -0.4 is 0 Å². The van der Waals surface area contributed by atoms with Crippen molar-refractivity contribution in [3.8, 4) is 0 Å². The van der Waals surface area contributed by atoms with Crippen LogP contribution in [0.25, 0.3) is 10.9 Å². The van der Waals surface area contributed by atoms with Crippen LogP contribution in [-0.4, -0.2) is 16.2 Å². The highest BCUT2D eigenvalue weighted by Crippen LogP contribution is 2.19. The van der Waals surface area contributed by atoms with Crippen molar-refractivity contribution in [2.24, 2.45) is 5.92 Å². The third-order valence-electron chi connectivity index (χ3n) is 3.37. The summed E-state index contributed by atoms with van der Waals surface area (Å²) < 4.78 is 0. The largest absolute Gasteiger partial charge is 0.393 e. The SMILES string of the molecule is CCC(Cc1ccc2ncccc2c1)C(C)O. The molecule has 0 fully saturated rings. The zero-order valence-corrected chi connectivity index (χ0v) is 10.4. The van der Waals surface area contributed by atoms with Crippen LogP contribution >= 0.6 is 0 Å². The number of pyridine rings is 1. The minimum Gasteiger partial charge on any atom is -0.393 e. The number of aliphatic hydroxyl groups is 1. The topological polar surface area (TPSA) is 33.1 Å². The number of fused-ring (bicyclic) bond motifs is 1. The van der Waals surface area contributed by atoms with Crippen LogP contribution in [-0.2, 0) is 6.42 Å². The molecule has 1 heterocycles. The van der Waals surface area contributed by atoms with E-state index < -0.39 is 0 Å². The molecule has 2 aromatic rings. The average molecular weight is 229 g/mol. The van der Waals surface area contributed by atoms with Crippen molar-refractivity contribution in [3.63, 3.8) is 0 Å². The first-order valence-electron chi connectivity index (χ1n) is 6.22. The summed E-state index contributed by atoms with van der Waals surface area (Å²) >= 11 is 0. The molecular weight excluding hydrogens is 210 g/mol. The van der Waals surface area contributed by atoms with Crippen molar-refractivity contribution < 1.29 is 5.11 Å². The molecule has 1 aromatic carbocycles. The molecule has 0 amide bonds. The Morgan fingerprint density at radius 1 is 1.29 bits per heavy atom. The Morgan fingerprint density at radius 2 is 2.12 bits per heavy atom. The molecule has 0 aliphatic rings. The summed E-state index contributed by atoms with van der Waals surface area (Å²) in [6, 6.07) is 10.4. The molecule has 2 heteroatoms. The molecular formula is C15H19NO. The zero-order valence-electron chi connectivity index (χ0n) is 10.4. The van der Waals surface area contributed by atoms with E-state index in [9.17, 15) is 5.11 Å². The maximum absolute atomic E-state index is 9.67. The lowest BCUT2D eigenvalue weighted by molar-refractivity contribution is 0.123. The lowest BCUT2D eigenvalue weighted by atomic mass is 9.92. The van der Waals surface area contributed by atoms with Crippen LogP contribution in [0.2, 0.25) is 0 Å². The van der Waals surface area contributed by atoms with E-state index in [0.717, 1.165) is 18.4 Å². The Hall–Kier alpha value is -1.41. The zero-order chi connectivity index (χ0) is 12.3. The van der Waals surface area contributed by atoms with Crippen molar-refractivity contribution in [1.29, 1.82) is 0 Å². The Labute approximate surface area is 102 Å². The first kappa shape index (κ1) is 12.1. The highest BCUT2D eigenvalue weighted by molar-refractivity contribution is 5.78. The Kier molecular flexibility index (Phi) is 3.75. The van der Waals surface area contributed by atoms with Crippen molar-refractivity contribution >= 4 is 10.9 Å². The second-order valence-corrected chi connectivity index (χ2v) is 4.64. The first-order valence-corrected chi connectivity index (χ1v) is 6.22. The predicted octanol–water partition coefficient (Wildman–Crippen LogP) is 3.18. The van der Waals surface area contributed by atoms with E-state index in [1.54, 1.807) is 0 Å². The number of aromatic nitrogens is 1. The molecule has 0 aliphatic carbocycles. The van der Waals surface area contributed by atoms with Crippen LogP contribution in [0.5, 0.6) is 0 Å². The second-order valence-electron chi connectivity index (χ2n) is 4.64. The molecule has 2 atom stereocenters. The summed E-state index contributed by atoms with van der Waals surface area (Å²) in [4.78, 5) is 4.31. The van der Waals surface area contributed by atoms with E-state index >= 15 is 0 Å². The van der Waals surface area contributed by atoms with Crippen molar-refractivity contribution in [2.75, 3.05) is 0 Å². The van der Waals surface area contributed by atoms with Gasteiger partial charge in [0.2, 0.25) is 0 Å². The van der Waals surface area contributed by atoms with Crippen LogP contribution in [0.15, 0.2) is 36.5 Å². The van der Waals surface area contributed by atoms with Crippen molar-refractivity contribution in [1.82, 2.24) is 4.98 Å². The van der Waals surface area contributed by atoms with E-state index in [0.29, 0.717) is 5.92 Å². The van der Waals surface area contributed by atoms with E-state index in [1.165, 1.54) is 10.9 Å². The fourth-order valence-electron chi connectivity index (χ4n) is 2.21. The van der Waals surface area contributed by atoms with Crippen molar-refractivity contribution in [3.05, 3.63) is 42.1 Å². The van der Waals surface area contributed by atoms with Crippen LogP contribution in [0, 0.1) is 5.92 Å². The Morgan fingerprint density at radius 3 is 2.82 bits per heavy atom. The van der Waals surface area contributed by atoms with E-state index in [4.69, 9.17) is 0 Å². The Bertz CT molecular complexity index is 493. The van der Waals surface area contributed by atoms with Gasteiger partial charge in [0.25, 0.3) is 0 Å². The third-order valence-corrected chi connectivity index (χ3v) is 3.37. The van der Waals surface area contributed by atoms with E-state index in [2.05, 4.69) is 36.2 Å². The normalized spacial score (nSPS) is 14.8. The van der Waals surface area contributed by atoms with Gasteiger partial charge in [0.05, 0.1) is 11.6 Å². The van der Waals surface area contributed by atoms with E-state index in [-0.39, 0.29) is 6.10 Å². The van der Waals surface area contributed by atoms with Crippen LogP contribution in [0.4, 0.5) is 0 Å². The molecule has 0 aliphatic heterocycles. The summed E-state index contributed by atoms with van der Waals surface area (Å²) in [6.45, 7) is 4.00. The van der Waals surface area contributed by atoms with Gasteiger partial charge < -0.3 is 5.11 Å². The fraction of sp³-hybridized carbons (Fsp3) is 0.400. The maximum atomic E-state index is 9.67. The van der Waals surface area contributed by atoms with Gasteiger partial charge in [-0.15, -0.1) is 0 Å². The maximum Gasteiger partial charge on any atom is 0.0702 e. The summed E-state index contributed by atoms with van der Waals surface area (Å²) in [7, 11) is 0. The minimum absolute atomic E-state index is 0.246. The number of benzene rings is 1. The quantitative estimate of drug-likeness (QED) is 0.873. The van der Waals surface area contributed by atoms with Crippen LogP contribution in [0.3, 0.4) is 0 Å². The average Bonchev–Trinajstić information content (AvgIpc) is 2.35. The van der Waals surface area contributed by atoms with Gasteiger partial charge in [-0.2, -0.15) is 0 Å². The Balaban J connectivity index is 2.24. The monoisotopic (exact) mass is 229 g/mol. The van der Waals surface area contributed by atoms with Gasteiger partial charge in [-0.1, -0.05) is 25.5 Å². The summed E-state index contributed by atoms with van der Waals surface area (Å²) in [6.07, 6.45) is 3.50. The van der Waals surface area contributed by atoms with Crippen molar-refractivity contribution in [2.45, 2.75) is 32.8 Å². The molecule has 1 aromatic heterocycles. The molecule has 0 saturated heterocycles. The van der Waals surface area contributed by atoms with Gasteiger partial charge in [-0.05, 0) is 43.0 Å². The molecule has 0 spiro atoms. The molecule has 0 bridgehead atoms. The highest BCUT2D eigenvalue weighted by atomic mass is 16.3. The summed E-state index contributed by atoms with van der Waals surface area (Å²) in [5.74, 6) is 0.337. The number of rotatable bonds is 4. The fourth-order valence-corrected chi connectivity index (χ4v) is 2.21. The van der Waals surface area contributed by atoms with Gasteiger partial charge in [0.1, 0.15) is 0 Å². The van der Waals surface area contributed by atoms with Gasteiger partial charge in [-0.3, -0.25) is 4.98 Å². The van der Waals surface area contributed by atoms with E-state index in [1.807, 2.05) is 19.2 Å². The van der Waals surface area contributed by atoms with Gasteiger partial charge in [0, 0.05) is 11.6 Å². The lowest BCUT2D eigenvalue weighted by Crippen LogP contribution is -2.18. The smallest absolute Gasteiger partial charge is 0.0702 e. The highest BCUT2D eigenvalue weighted by Gasteiger charge is 2.13. The second kappa shape index (κ2) is 5.28. The molecule has 0 saturated carbocycles. The minimum atomic E-state index is -0.246. The molecule has 17 heavy (non-hydrogen) atoms. The van der Waals surface area contributed by atoms with Gasteiger partial charge >= 0.3 is 0 Å². The summed E-state index contributed by atoms with van der Waals surface area (Å²) in [5.41, 5.74) is 2.31. The third kappa shape index (κ3) is 2.83. The number of aliphatic hydroxyl groups excluding tert-OH is 1. The molecule has 90 valence electrons. The number of hydrogen-bond acceptors (Lipinski definition) is 2. The first-order chi connectivity index (χ1) is 8.20. The molecule has 2 rings (SSSR count). The van der Waals surface area contributed by atoms with Gasteiger partial charge in [-0.25, -0.2) is 0 Å². The molecule has 0 radical (unpaired) electrons. The number of hydrogen-bond donors (Lipinski definition) is 1. The standard InChI is InChI=1S/C15H19NO/c1-3-13(11(2)17)9-12-6-7-15-14(10-12)5-4-8-16-15/h4-8,10-11,13,17H,3,9H2,1-2H3. The lowest BCUT2D eigenvalue weighted by Gasteiger charge is -2.18. The van der Waals surface area contributed by atoms with Gasteiger partial charge in [0.15, 0.2) is 0 Å².